The molecule has 7 heteroatoms. The summed E-state index contributed by atoms with van der Waals surface area (Å²) >= 11 is 6.09. The van der Waals surface area contributed by atoms with Gasteiger partial charge < -0.3 is 15.4 Å². The highest BCUT2D eigenvalue weighted by Gasteiger charge is 2.13. The van der Waals surface area contributed by atoms with Crippen LogP contribution in [0.3, 0.4) is 0 Å². The molecule has 0 saturated heterocycles. The number of halogens is 1. The summed E-state index contributed by atoms with van der Waals surface area (Å²) in [4.78, 5) is 28.9. The topological polar surface area (TPSA) is 80.3 Å². The maximum absolute atomic E-state index is 12.5. The Bertz CT molecular complexity index is 1010. The largest absolute Gasteiger partial charge is 0.497 e. The average molecular weight is 396 g/mol. The van der Waals surface area contributed by atoms with E-state index in [-0.39, 0.29) is 18.1 Å². The summed E-state index contributed by atoms with van der Waals surface area (Å²) in [6, 6.07) is 17.2. The Labute approximate surface area is 167 Å². The molecular formula is C21H18ClN3O3. The van der Waals surface area contributed by atoms with Gasteiger partial charge in [0.2, 0.25) is 0 Å². The van der Waals surface area contributed by atoms with Crippen molar-refractivity contribution in [2.45, 2.75) is 6.54 Å². The van der Waals surface area contributed by atoms with Crippen LogP contribution in [0.5, 0.6) is 5.75 Å². The predicted molar refractivity (Wildman–Crippen MR) is 108 cm³/mol. The van der Waals surface area contributed by atoms with Crippen LogP contribution in [0, 0.1) is 0 Å². The molecule has 0 aliphatic rings. The molecule has 3 aromatic rings. The molecule has 2 amide bonds. The van der Waals surface area contributed by atoms with Crippen molar-refractivity contribution in [2.75, 3.05) is 12.4 Å². The van der Waals surface area contributed by atoms with Crippen LogP contribution in [0.2, 0.25) is 5.02 Å². The maximum Gasteiger partial charge on any atom is 0.270 e. The van der Waals surface area contributed by atoms with Gasteiger partial charge >= 0.3 is 0 Å². The van der Waals surface area contributed by atoms with E-state index in [1.807, 2.05) is 18.2 Å². The van der Waals surface area contributed by atoms with Crippen molar-refractivity contribution in [1.82, 2.24) is 10.3 Å². The fraction of sp³-hybridized carbons (Fsp3) is 0.0952. The molecule has 0 aliphatic heterocycles. The third kappa shape index (κ3) is 4.86. The van der Waals surface area contributed by atoms with Gasteiger partial charge in [-0.05, 0) is 35.9 Å². The fourth-order valence-corrected chi connectivity index (χ4v) is 2.71. The highest BCUT2D eigenvalue weighted by molar-refractivity contribution is 6.31. The van der Waals surface area contributed by atoms with Crippen molar-refractivity contribution >= 4 is 29.1 Å². The van der Waals surface area contributed by atoms with E-state index in [0.717, 1.165) is 5.56 Å². The first kappa shape index (κ1) is 19.4. The molecule has 0 fully saturated rings. The number of hydrogen-bond acceptors (Lipinski definition) is 4. The predicted octanol–water partition coefficient (Wildman–Crippen LogP) is 3.93. The minimum absolute atomic E-state index is 0.144. The van der Waals surface area contributed by atoms with Gasteiger partial charge in [0.25, 0.3) is 11.8 Å². The molecule has 142 valence electrons. The number of aromatic nitrogens is 1. The number of nitrogens with zero attached hydrogens (tertiary/aromatic N) is 1. The van der Waals surface area contributed by atoms with Crippen LogP contribution in [0.4, 0.5) is 5.69 Å². The van der Waals surface area contributed by atoms with Crippen LogP contribution in [0.1, 0.15) is 26.4 Å². The summed E-state index contributed by atoms with van der Waals surface area (Å²) in [7, 11) is 1.55. The monoisotopic (exact) mass is 395 g/mol. The molecule has 0 unspecified atom stereocenters. The first-order valence-electron chi connectivity index (χ1n) is 8.50. The van der Waals surface area contributed by atoms with Crippen LogP contribution < -0.4 is 15.4 Å². The number of pyridine rings is 1. The molecule has 28 heavy (non-hydrogen) atoms. The van der Waals surface area contributed by atoms with Gasteiger partial charge in [0.05, 0.1) is 7.11 Å². The van der Waals surface area contributed by atoms with E-state index in [4.69, 9.17) is 16.3 Å². The normalized spacial score (nSPS) is 10.2. The molecule has 3 rings (SSSR count). The molecule has 2 aromatic carbocycles. The number of carbonyl (C=O) groups excluding carboxylic acids is 2. The summed E-state index contributed by atoms with van der Waals surface area (Å²) < 4.78 is 5.14. The molecule has 1 heterocycles. The third-order valence-electron chi connectivity index (χ3n) is 3.98. The van der Waals surface area contributed by atoms with Gasteiger partial charge in [0, 0.05) is 35.1 Å². The number of hydrogen-bond donors (Lipinski definition) is 2. The van der Waals surface area contributed by atoms with Gasteiger partial charge in [-0.2, -0.15) is 0 Å². The van der Waals surface area contributed by atoms with Crippen LogP contribution in [0.25, 0.3) is 0 Å². The van der Waals surface area contributed by atoms with E-state index >= 15 is 0 Å². The molecule has 2 N–H and O–H groups in total. The number of rotatable bonds is 6. The first-order chi connectivity index (χ1) is 13.6. The van der Waals surface area contributed by atoms with Gasteiger partial charge in [-0.15, -0.1) is 0 Å². The lowest BCUT2D eigenvalue weighted by Gasteiger charge is -2.09. The van der Waals surface area contributed by atoms with Crippen molar-refractivity contribution < 1.29 is 14.3 Å². The number of carbonyl (C=O) groups is 2. The SMILES string of the molecule is COc1cccc(NC(=O)c2ccnc(C(=O)NCc3ccccc3Cl)c2)c1. The Morgan fingerprint density at radius 1 is 1.04 bits per heavy atom. The van der Waals surface area contributed by atoms with Crippen LogP contribution in [0.15, 0.2) is 66.9 Å². The molecule has 1 aromatic heterocycles. The maximum atomic E-state index is 12.5. The third-order valence-corrected chi connectivity index (χ3v) is 4.35. The van der Waals surface area contributed by atoms with E-state index in [2.05, 4.69) is 15.6 Å². The van der Waals surface area contributed by atoms with E-state index in [1.165, 1.54) is 12.3 Å². The highest BCUT2D eigenvalue weighted by Crippen LogP contribution is 2.18. The van der Waals surface area contributed by atoms with Crippen molar-refractivity contribution in [2.24, 2.45) is 0 Å². The Balaban J connectivity index is 1.68. The van der Waals surface area contributed by atoms with Crippen molar-refractivity contribution in [3.63, 3.8) is 0 Å². The second-order valence-corrected chi connectivity index (χ2v) is 6.30. The number of nitrogens with one attached hydrogen (secondary N) is 2. The number of benzene rings is 2. The van der Waals surface area contributed by atoms with Gasteiger partial charge in [0.1, 0.15) is 11.4 Å². The number of amides is 2. The Hall–Kier alpha value is -3.38. The van der Waals surface area contributed by atoms with Crippen LogP contribution in [-0.2, 0) is 6.54 Å². The fourth-order valence-electron chi connectivity index (χ4n) is 2.51. The van der Waals surface area contributed by atoms with Crippen LogP contribution in [-0.4, -0.2) is 23.9 Å². The lowest BCUT2D eigenvalue weighted by molar-refractivity contribution is 0.0946. The molecule has 0 aliphatic carbocycles. The molecule has 6 nitrogen and oxygen atoms in total. The second-order valence-electron chi connectivity index (χ2n) is 5.89. The van der Waals surface area contributed by atoms with Crippen molar-refractivity contribution in [3.05, 3.63) is 88.7 Å². The molecule has 0 atom stereocenters. The molecule has 0 bridgehead atoms. The Kier molecular flexibility index (Phi) is 6.24. The Morgan fingerprint density at radius 3 is 2.64 bits per heavy atom. The molecule has 0 radical (unpaired) electrons. The average Bonchev–Trinajstić information content (AvgIpc) is 2.73. The number of methoxy groups -OCH3 is 1. The summed E-state index contributed by atoms with van der Waals surface area (Å²) in [6.45, 7) is 0.264. The van der Waals surface area contributed by atoms with Crippen molar-refractivity contribution in [1.29, 1.82) is 0 Å². The van der Waals surface area contributed by atoms with E-state index in [9.17, 15) is 9.59 Å². The minimum Gasteiger partial charge on any atom is -0.497 e. The van der Waals surface area contributed by atoms with E-state index < -0.39 is 5.91 Å². The summed E-state index contributed by atoms with van der Waals surface area (Å²) in [5.74, 6) is -0.112. The summed E-state index contributed by atoms with van der Waals surface area (Å²) in [5, 5.41) is 6.09. The summed E-state index contributed by atoms with van der Waals surface area (Å²) in [6.07, 6.45) is 1.42. The zero-order valence-electron chi connectivity index (χ0n) is 15.1. The first-order valence-corrected chi connectivity index (χ1v) is 8.87. The second kappa shape index (κ2) is 9.01. The van der Waals surface area contributed by atoms with Crippen LogP contribution >= 0.6 is 11.6 Å². The lowest BCUT2D eigenvalue weighted by Crippen LogP contribution is -2.24. The molecule has 0 spiro atoms. The van der Waals surface area contributed by atoms with Gasteiger partial charge in [0.15, 0.2) is 0 Å². The van der Waals surface area contributed by atoms with Gasteiger partial charge in [-0.3, -0.25) is 14.6 Å². The zero-order chi connectivity index (χ0) is 19.9. The standard InChI is InChI=1S/C21H18ClN3O3/c1-28-17-7-4-6-16(12-17)25-20(26)14-9-10-23-19(11-14)21(27)24-13-15-5-2-3-8-18(15)22/h2-12H,13H2,1H3,(H,24,27)(H,25,26). The summed E-state index contributed by atoms with van der Waals surface area (Å²) in [5.41, 5.74) is 1.85. The Morgan fingerprint density at radius 2 is 1.86 bits per heavy atom. The molecular weight excluding hydrogens is 378 g/mol. The number of ether oxygens (including phenoxy) is 1. The highest BCUT2D eigenvalue weighted by atomic mass is 35.5. The number of anilines is 1. The molecule has 0 saturated carbocycles. The van der Waals surface area contributed by atoms with E-state index in [1.54, 1.807) is 43.5 Å². The van der Waals surface area contributed by atoms with E-state index in [0.29, 0.717) is 22.0 Å². The van der Waals surface area contributed by atoms with Crippen molar-refractivity contribution in [3.8, 4) is 5.75 Å². The quantitative estimate of drug-likeness (QED) is 0.662. The lowest BCUT2D eigenvalue weighted by atomic mass is 10.2. The van der Waals surface area contributed by atoms with Gasteiger partial charge in [-0.25, -0.2) is 0 Å². The zero-order valence-corrected chi connectivity index (χ0v) is 15.9. The van der Waals surface area contributed by atoms with Gasteiger partial charge in [-0.1, -0.05) is 35.9 Å². The smallest absolute Gasteiger partial charge is 0.270 e. The minimum atomic E-state index is -0.393.